The topological polar surface area (TPSA) is 59.6 Å². The maximum Gasteiger partial charge on any atom is 0.246 e. The number of hydrogen-bond acceptors (Lipinski definition) is 4. The zero-order chi connectivity index (χ0) is 16.9. The molecular formula is C17H23Cl2FN2O3. The van der Waals surface area contributed by atoms with Crippen molar-refractivity contribution >= 4 is 29.9 Å². The van der Waals surface area contributed by atoms with Gasteiger partial charge in [-0.3, -0.25) is 4.79 Å². The standard InChI is InChI=1S/C17H22ClFN2O3.ClH/c18-14-4-1-11(7-15(14)19)17-12(8-20-5-6-23-17)9-21-16(22)10-24-13-2-3-13;/h1,4,7,12-13,17,20H,2-3,5-6,8-10H2,(H,21,22);1H/t12-,17-;/m0./s1. The second kappa shape index (κ2) is 9.69. The first-order chi connectivity index (χ1) is 11.6. The van der Waals surface area contributed by atoms with Crippen LogP contribution in [0, 0.1) is 11.7 Å². The third-order valence-electron chi connectivity index (χ3n) is 4.22. The first-order valence-corrected chi connectivity index (χ1v) is 8.67. The second-order valence-corrected chi connectivity index (χ2v) is 6.65. The van der Waals surface area contributed by atoms with Gasteiger partial charge in [0.15, 0.2) is 0 Å². The molecule has 1 aliphatic carbocycles. The number of hydrogen-bond donors (Lipinski definition) is 2. The van der Waals surface area contributed by atoms with E-state index in [-0.39, 0.29) is 48.1 Å². The zero-order valence-corrected chi connectivity index (χ0v) is 15.4. The summed E-state index contributed by atoms with van der Waals surface area (Å²) in [5.74, 6) is -0.597. The smallest absolute Gasteiger partial charge is 0.246 e. The Labute approximate surface area is 158 Å². The maximum atomic E-state index is 13.8. The number of nitrogens with one attached hydrogen (secondary N) is 2. The van der Waals surface area contributed by atoms with Gasteiger partial charge in [0.1, 0.15) is 12.4 Å². The van der Waals surface area contributed by atoms with E-state index < -0.39 is 5.82 Å². The van der Waals surface area contributed by atoms with E-state index in [1.165, 1.54) is 12.1 Å². The number of carbonyl (C=O) groups excluding carboxylic acids is 1. The van der Waals surface area contributed by atoms with E-state index in [1.807, 2.05) is 0 Å². The zero-order valence-electron chi connectivity index (χ0n) is 13.8. The normalized spacial score (nSPS) is 23.4. The van der Waals surface area contributed by atoms with Crippen molar-refractivity contribution in [2.75, 3.05) is 32.8 Å². The summed E-state index contributed by atoms with van der Waals surface area (Å²) in [5, 5.41) is 6.26. The molecule has 1 saturated heterocycles. The lowest BCUT2D eigenvalue weighted by atomic mass is 9.95. The van der Waals surface area contributed by atoms with Gasteiger partial charge in [-0.1, -0.05) is 17.7 Å². The van der Waals surface area contributed by atoms with E-state index in [1.54, 1.807) is 6.07 Å². The molecule has 1 aromatic carbocycles. The van der Waals surface area contributed by atoms with Crippen molar-refractivity contribution in [3.63, 3.8) is 0 Å². The summed E-state index contributed by atoms with van der Waals surface area (Å²) < 4.78 is 25.0. The summed E-state index contributed by atoms with van der Waals surface area (Å²) in [5.41, 5.74) is 0.731. The Bertz CT molecular complexity index is 587. The first-order valence-electron chi connectivity index (χ1n) is 8.29. The molecule has 0 spiro atoms. The molecule has 2 atom stereocenters. The van der Waals surface area contributed by atoms with Crippen molar-refractivity contribution in [3.8, 4) is 0 Å². The summed E-state index contributed by atoms with van der Waals surface area (Å²) in [7, 11) is 0. The molecule has 0 bridgehead atoms. The van der Waals surface area contributed by atoms with Crippen LogP contribution in [-0.2, 0) is 14.3 Å². The van der Waals surface area contributed by atoms with Gasteiger partial charge >= 0.3 is 0 Å². The van der Waals surface area contributed by atoms with Crippen LogP contribution in [-0.4, -0.2) is 44.9 Å². The molecule has 1 aromatic rings. The molecule has 1 saturated carbocycles. The van der Waals surface area contributed by atoms with Crippen LogP contribution in [0.3, 0.4) is 0 Å². The molecular weight excluding hydrogens is 370 g/mol. The Morgan fingerprint density at radius 3 is 2.96 bits per heavy atom. The molecule has 0 radical (unpaired) electrons. The molecule has 1 heterocycles. The van der Waals surface area contributed by atoms with Crippen LogP contribution in [0.1, 0.15) is 24.5 Å². The predicted octanol–water partition coefficient (Wildman–Crippen LogP) is 2.47. The van der Waals surface area contributed by atoms with Gasteiger partial charge < -0.3 is 20.1 Å². The van der Waals surface area contributed by atoms with Gasteiger partial charge in [0.25, 0.3) is 0 Å². The van der Waals surface area contributed by atoms with Crippen molar-refractivity contribution in [3.05, 3.63) is 34.6 Å². The summed E-state index contributed by atoms with van der Waals surface area (Å²) in [6, 6.07) is 4.71. The van der Waals surface area contributed by atoms with Gasteiger partial charge in [-0.2, -0.15) is 0 Å². The Hall–Kier alpha value is -0.920. The van der Waals surface area contributed by atoms with Crippen molar-refractivity contribution in [1.29, 1.82) is 0 Å². The van der Waals surface area contributed by atoms with Crippen LogP contribution in [0.25, 0.3) is 0 Å². The fourth-order valence-electron chi connectivity index (χ4n) is 2.75. The van der Waals surface area contributed by atoms with Crippen LogP contribution in [0.4, 0.5) is 4.39 Å². The van der Waals surface area contributed by atoms with E-state index in [2.05, 4.69) is 10.6 Å². The summed E-state index contributed by atoms with van der Waals surface area (Å²) in [6.07, 6.45) is 2.04. The largest absolute Gasteiger partial charge is 0.372 e. The first kappa shape index (κ1) is 20.4. The molecule has 25 heavy (non-hydrogen) atoms. The molecule has 2 fully saturated rings. The molecule has 1 amide bonds. The van der Waals surface area contributed by atoms with E-state index >= 15 is 0 Å². The molecule has 1 aliphatic heterocycles. The average molecular weight is 393 g/mol. The van der Waals surface area contributed by atoms with Crippen molar-refractivity contribution in [1.82, 2.24) is 10.6 Å². The number of halogens is 3. The Balaban J connectivity index is 0.00000225. The lowest BCUT2D eigenvalue weighted by Crippen LogP contribution is -2.38. The quantitative estimate of drug-likeness (QED) is 0.780. The lowest BCUT2D eigenvalue weighted by molar-refractivity contribution is -0.126. The van der Waals surface area contributed by atoms with Gasteiger partial charge in [-0.25, -0.2) is 4.39 Å². The highest BCUT2D eigenvalue weighted by Crippen LogP contribution is 2.29. The van der Waals surface area contributed by atoms with E-state index in [4.69, 9.17) is 21.1 Å². The predicted molar refractivity (Wildman–Crippen MR) is 95.7 cm³/mol. The number of benzene rings is 1. The minimum absolute atomic E-state index is 0. The fraction of sp³-hybridized carbons (Fsp3) is 0.588. The summed E-state index contributed by atoms with van der Waals surface area (Å²) in [6.45, 7) is 2.46. The highest BCUT2D eigenvalue weighted by Gasteiger charge is 2.28. The molecule has 2 aliphatic rings. The third kappa shape index (κ3) is 6.08. The van der Waals surface area contributed by atoms with E-state index in [9.17, 15) is 9.18 Å². The number of rotatable bonds is 6. The molecule has 0 aromatic heterocycles. The number of amides is 1. The van der Waals surface area contributed by atoms with Crippen LogP contribution in [0.2, 0.25) is 5.02 Å². The maximum absolute atomic E-state index is 13.8. The lowest BCUT2D eigenvalue weighted by Gasteiger charge is -2.25. The van der Waals surface area contributed by atoms with Gasteiger partial charge in [0.05, 0.1) is 23.8 Å². The fourth-order valence-corrected chi connectivity index (χ4v) is 2.87. The number of ether oxygens (including phenoxy) is 2. The Kier molecular flexibility index (Phi) is 7.90. The second-order valence-electron chi connectivity index (χ2n) is 6.24. The summed E-state index contributed by atoms with van der Waals surface area (Å²) >= 11 is 5.76. The van der Waals surface area contributed by atoms with Crippen molar-refractivity contribution < 1.29 is 18.7 Å². The molecule has 0 unspecified atom stereocenters. The average Bonchev–Trinajstić information content (AvgIpc) is 3.40. The Morgan fingerprint density at radius 2 is 2.24 bits per heavy atom. The molecule has 3 rings (SSSR count). The molecule has 140 valence electrons. The molecule has 2 N–H and O–H groups in total. The highest BCUT2D eigenvalue weighted by atomic mass is 35.5. The van der Waals surface area contributed by atoms with Gasteiger partial charge in [-0.05, 0) is 30.5 Å². The van der Waals surface area contributed by atoms with Crippen LogP contribution in [0.5, 0.6) is 0 Å². The molecule has 5 nitrogen and oxygen atoms in total. The molecule has 8 heteroatoms. The van der Waals surface area contributed by atoms with Crippen LogP contribution < -0.4 is 10.6 Å². The van der Waals surface area contributed by atoms with Crippen molar-refractivity contribution in [2.24, 2.45) is 5.92 Å². The minimum Gasteiger partial charge on any atom is -0.372 e. The van der Waals surface area contributed by atoms with Crippen molar-refractivity contribution in [2.45, 2.75) is 25.0 Å². The highest BCUT2D eigenvalue weighted by molar-refractivity contribution is 6.30. The van der Waals surface area contributed by atoms with Crippen LogP contribution >= 0.6 is 24.0 Å². The SMILES string of the molecule is Cl.O=C(COC1CC1)NC[C@@H]1CNCCO[C@H]1c1ccc(Cl)c(F)c1. The van der Waals surface area contributed by atoms with Crippen LogP contribution in [0.15, 0.2) is 18.2 Å². The minimum atomic E-state index is -0.462. The van der Waals surface area contributed by atoms with E-state index in [0.29, 0.717) is 19.7 Å². The third-order valence-corrected chi connectivity index (χ3v) is 4.53. The monoisotopic (exact) mass is 392 g/mol. The van der Waals surface area contributed by atoms with E-state index in [0.717, 1.165) is 24.9 Å². The van der Waals surface area contributed by atoms with Gasteiger partial charge in [0, 0.05) is 25.6 Å². The Morgan fingerprint density at radius 1 is 1.44 bits per heavy atom. The summed E-state index contributed by atoms with van der Waals surface area (Å²) in [4.78, 5) is 11.9. The number of carbonyl (C=O) groups is 1. The van der Waals surface area contributed by atoms with Gasteiger partial charge in [0.2, 0.25) is 5.91 Å². The van der Waals surface area contributed by atoms with Gasteiger partial charge in [-0.15, -0.1) is 12.4 Å².